The molecule has 0 amide bonds. The number of aromatic carboxylic acids is 1. The van der Waals surface area contributed by atoms with E-state index in [4.69, 9.17) is 4.42 Å². The van der Waals surface area contributed by atoms with Crippen molar-refractivity contribution in [3.63, 3.8) is 0 Å². The molecule has 0 unspecified atom stereocenters. The molecule has 1 N–H and O–H groups in total. The van der Waals surface area contributed by atoms with E-state index in [2.05, 4.69) is 4.98 Å². The molecule has 0 bridgehead atoms. The van der Waals surface area contributed by atoms with E-state index in [0.717, 1.165) is 11.3 Å². The molecule has 0 radical (unpaired) electrons. The van der Waals surface area contributed by atoms with E-state index >= 15 is 0 Å². The number of imidazole rings is 1. The van der Waals surface area contributed by atoms with Crippen LogP contribution in [-0.2, 0) is 0 Å². The lowest BCUT2D eigenvalue weighted by Gasteiger charge is -2.00. The Morgan fingerprint density at radius 1 is 1.32 bits per heavy atom. The fourth-order valence-corrected chi connectivity index (χ4v) is 2.18. The summed E-state index contributed by atoms with van der Waals surface area (Å²) in [4.78, 5) is 15.5. The molecule has 0 atom stereocenters. The second-order valence-electron chi connectivity index (χ2n) is 4.41. The quantitative estimate of drug-likeness (QED) is 0.765. The van der Waals surface area contributed by atoms with Crippen LogP contribution in [0.5, 0.6) is 0 Å². The summed E-state index contributed by atoms with van der Waals surface area (Å²) in [6.45, 7) is 3.70. The smallest absolute Gasteiger partial charge is 0.356 e. The topological polar surface area (TPSA) is 67.7 Å². The Labute approximate surface area is 109 Å². The monoisotopic (exact) mass is 256 g/mol. The maximum absolute atomic E-state index is 11.3. The van der Waals surface area contributed by atoms with Gasteiger partial charge < -0.3 is 9.52 Å². The molecule has 5 nitrogen and oxygen atoms in total. The minimum atomic E-state index is -1.04. The molecule has 3 aromatic rings. The van der Waals surface area contributed by atoms with Crippen LogP contribution in [0.25, 0.3) is 17.1 Å². The molecular weight excluding hydrogens is 244 g/mol. The molecule has 3 rings (SSSR count). The highest BCUT2D eigenvalue weighted by Gasteiger charge is 2.20. The average Bonchev–Trinajstić information content (AvgIpc) is 2.93. The zero-order chi connectivity index (χ0) is 13.6. The number of aromatic nitrogens is 2. The predicted molar refractivity (Wildman–Crippen MR) is 69.3 cm³/mol. The number of pyridine rings is 1. The van der Waals surface area contributed by atoms with Crippen molar-refractivity contribution in [3.05, 3.63) is 47.5 Å². The van der Waals surface area contributed by atoms with Gasteiger partial charge in [0.05, 0.1) is 5.52 Å². The number of furan rings is 1. The Balaban J connectivity index is 2.38. The molecule has 0 spiro atoms. The van der Waals surface area contributed by atoms with E-state index < -0.39 is 5.97 Å². The second kappa shape index (κ2) is 3.98. The van der Waals surface area contributed by atoms with Crippen LogP contribution in [0.2, 0.25) is 0 Å². The normalized spacial score (nSPS) is 11.1. The van der Waals surface area contributed by atoms with Gasteiger partial charge in [-0.2, -0.15) is 0 Å². The van der Waals surface area contributed by atoms with Gasteiger partial charge in [0.15, 0.2) is 17.3 Å². The summed E-state index contributed by atoms with van der Waals surface area (Å²) in [7, 11) is 0. The first-order valence-electron chi connectivity index (χ1n) is 5.85. The van der Waals surface area contributed by atoms with Crippen LogP contribution in [-0.4, -0.2) is 20.5 Å². The highest BCUT2D eigenvalue weighted by Crippen LogP contribution is 2.26. The average molecular weight is 256 g/mol. The van der Waals surface area contributed by atoms with E-state index in [1.54, 1.807) is 16.7 Å². The summed E-state index contributed by atoms with van der Waals surface area (Å²) in [6, 6.07) is 7.33. The highest BCUT2D eigenvalue weighted by molar-refractivity contribution is 5.95. The fourth-order valence-electron chi connectivity index (χ4n) is 2.18. The largest absolute Gasteiger partial charge is 0.476 e. The van der Waals surface area contributed by atoms with Gasteiger partial charge in [-0.1, -0.05) is 6.07 Å². The maximum atomic E-state index is 11.3. The molecule has 96 valence electrons. The van der Waals surface area contributed by atoms with Crippen molar-refractivity contribution in [1.29, 1.82) is 0 Å². The van der Waals surface area contributed by atoms with Gasteiger partial charge in [0.25, 0.3) is 0 Å². The minimum Gasteiger partial charge on any atom is -0.476 e. The number of carboxylic acid groups (broad SMARTS) is 1. The zero-order valence-corrected chi connectivity index (χ0v) is 10.5. The summed E-state index contributed by atoms with van der Waals surface area (Å²) in [5.74, 6) is 0.785. The SMILES string of the molecule is Cc1ccc(-c2nc(C(=O)O)c3c(C)cccn23)o1. The van der Waals surface area contributed by atoms with Crippen molar-refractivity contribution in [2.45, 2.75) is 13.8 Å². The summed E-state index contributed by atoms with van der Waals surface area (Å²) < 4.78 is 7.28. The number of fused-ring (bicyclic) bond motifs is 1. The third kappa shape index (κ3) is 1.71. The van der Waals surface area contributed by atoms with Crippen molar-refractivity contribution in [1.82, 2.24) is 9.38 Å². The number of carbonyl (C=O) groups is 1. The van der Waals surface area contributed by atoms with Crippen molar-refractivity contribution in [2.75, 3.05) is 0 Å². The number of nitrogens with zero attached hydrogens (tertiary/aromatic N) is 2. The van der Waals surface area contributed by atoms with Crippen molar-refractivity contribution < 1.29 is 14.3 Å². The lowest BCUT2D eigenvalue weighted by atomic mass is 10.2. The molecule has 0 aliphatic carbocycles. The highest BCUT2D eigenvalue weighted by atomic mass is 16.4. The van der Waals surface area contributed by atoms with Crippen LogP contribution in [0.15, 0.2) is 34.9 Å². The minimum absolute atomic E-state index is 0.0437. The summed E-state index contributed by atoms with van der Waals surface area (Å²) in [5.41, 5.74) is 1.50. The van der Waals surface area contributed by atoms with E-state index in [1.807, 2.05) is 32.0 Å². The van der Waals surface area contributed by atoms with Crippen LogP contribution in [0.3, 0.4) is 0 Å². The van der Waals surface area contributed by atoms with Gasteiger partial charge in [0.1, 0.15) is 5.76 Å². The van der Waals surface area contributed by atoms with E-state index in [-0.39, 0.29) is 5.69 Å². The molecule has 0 saturated heterocycles. The van der Waals surface area contributed by atoms with Crippen LogP contribution in [0.1, 0.15) is 21.8 Å². The van der Waals surface area contributed by atoms with Crippen molar-refractivity contribution in [2.24, 2.45) is 0 Å². The van der Waals surface area contributed by atoms with Gasteiger partial charge in [-0.15, -0.1) is 0 Å². The molecule has 19 heavy (non-hydrogen) atoms. The lowest BCUT2D eigenvalue weighted by molar-refractivity contribution is 0.0693. The summed E-state index contributed by atoms with van der Waals surface area (Å²) >= 11 is 0. The first kappa shape index (κ1) is 11.5. The number of rotatable bonds is 2. The molecule has 3 aromatic heterocycles. The number of hydrogen-bond acceptors (Lipinski definition) is 3. The molecule has 0 saturated carbocycles. The fraction of sp³-hybridized carbons (Fsp3) is 0.143. The molecule has 0 fully saturated rings. The molecule has 0 aliphatic heterocycles. The van der Waals surface area contributed by atoms with E-state index in [1.165, 1.54) is 0 Å². The van der Waals surface area contributed by atoms with Crippen molar-refractivity contribution in [3.8, 4) is 11.6 Å². The van der Waals surface area contributed by atoms with E-state index in [9.17, 15) is 9.90 Å². The molecule has 0 aromatic carbocycles. The van der Waals surface area contributed by atoms with Crippen LogP contribution >= 0.6 is 0 Å². The van der Waals surface area contributed by atoms with Crippen LogP contribution < -0.4 is 0 Å². The zero-order valence-electron chi connectivity index (χ0n) is 10.5. The van der Waals surface area contributed by atoms with Gasteiger partial charge in [-0.05, 0) is 37.6 Å². The van der Waals surface area contributed by atoms with Gasteiger partial charge in [0, 0.05) is 6.20 Å². The third-order valence-electron chi connectivity index (χ3n) is 3.03. The first-order valence-corrected chi connectivity index (χ1v) is 5.85. The standard InChI is InChI=1S/C14H12N2O3/c1-8-4-3-7-16-12(8)11(14(17)18)15-13(16)10-6-5-9(2)19-10/h3-7H,1-2H3,(H,17,18). The van der Waals surface area contributed by atoms with Crippen LogP contribution in [0, 0.1) is 13.8 Å². The first-order chi connectivity index (χ1) is 9.08. The Kier molecular flexibility index (Phi) is 2.41. The number of aryl methyl sites for hydroxylation is 2. The lowest BCUT2D eigenvalue weighted by Crippen LogP contribution is -1.98. The Morgan fingerprint density at radius 3 is 2.74 bits per heavy atom. The molecule has 5 heteroatoms. The molecule has 3 heterocycles. The van der Waals surface area contributed by atoms with E-state index in [0.29, 0.717) is 17.1 Å². The molecular formula is C14H12N2O3. The van der Waals surface area contributed by atoms with Crippen molar-refractivity contribution >= 4 is 11.5 Å². The Hall–Kier alpha value is -2.56. The maximum Gasteiger partial charge on any atom is 0.356 e. The van der Waals surface area contributed by atoms with Gasteiger partial charge in [-0.3, -0.25) is 4.40 Å². The Bertz CT molecular complexity index is 783. The van der Waals surface area contributed by atoms with Crippen LogP contribution in [0.4, 0.5) is 0 Å². The van der Waals surface area contributed by atoms with Gasteiger partial charge in [0.2, 0.25) is 0 Å². The summed E-state index contributed by atoms with van der Waals surface area (Å²) in [6.07, 6.45) is 1.79. The van der Waals surface area contributed by atoms with Gasteiger partial charge in [-0.25, -0.2) is 9.78 Å². The predicted octanol–water partition coefficient (Wildman–Crippen LogP) is 2.91. The second-order valence-corrected chi connectivity index (χ2v) is 4.41. The number of hydrogen-bond donors (Lipinski definition) is 1. The number of carboxylic acids is 1. The third-order valence-corrected chi connectivity index (χ3v) is 3.03. The molecule has 0 aliphatic rings. The Morgan fingerprint density at radius 2 is 2.11 bits per heavy atom. The van der Waals surface area contributed by atoms with Gasteiger partial charge >= 0.3 is 5.97 Å². The summed E-state index contributed by atoms with van der Waals surface area (Å²) in [5, 5.41) is 9.27.